The molecule has 0 spiro atoms. The first-order valence-electron chi connectivity index (χ1n) is 4.32. The highest BCUT2D eigenvalue weighted by Crippen LogP contribution is 2.16. The summed E-state index contributed by atoms with van der Waals surface area (Å²) in [6.45, 7) is 2.78. The van der Waals surface area contributed by atoms with Crippen molar-refractivity contribution in [3.8, 4) is 0 Å². The minimum atomic E-state index is -0.152. The molecule has 1 saturated heterocycles. The van der Waals surface area contributed by atoms with Gasteiger partial charge in [-0.05, 0) is 18.6 Å². The third-order valence-corrected chi connectivity index (χ3v) is 3.21. The molecular weight excluding hydrogens is 158 g/mol. The van der Waals surface area contributed by atoms with E-state index in [4.69, 9.17) is 0 Å². The lowest BCUT2D eigenvalue weighted by molar-refractivity contribution is 0.164. The monoisotopic (exact) mass is 175 g/mol. The molecule has 0 aromatic carbocycles. The second-order valence-corrected chi connectivity index (χ2v) is 4.18. The van der Waals surface area contributed by atoms with Crippen LogP contribution in [0.4, 0.5) is 0 Å². The first kappa shape index (κ1) is 9.36. The molecular formula is C8H17NOS. The van der Waals surface area contributed by atoms with Crippen LogP contribution in [0.25, 0.3) is 0 Å². The number of nitrogens with one attached hydrogen (secondary N) is 1. The molecule has 2 N–H and O–H groups in total. The van der Waals surface area contributed by atoms with E-state index in [0.29, 0.717) is 6.04 Å². The van der Waals surface area contributed by atoms with Crippen LogP contribution in [0.3, 0.4) is 0 Å². The van der Waals surface area contributed by atoms with Gasteiger partial charge in [-0.3, -0.25) is 0 Å². The van der Waals surface area contributed by atoms with E-state index in [2.05, 4.69) is 5.32 Å². The van der Waals surface area contributed by atoms with Gasteiger partial charge in [-0.1, -0.05) is 6.92 Å². The normalized spacial score (nSPS) is 27.3. The molecule has 66 valence electrons. The Morgan fingerprint density at radius 1 is 1.73 bits per heavy atom. The predicted molar refractivity (Wildman–Crippen MR) is 50.0 cm³/mol. The van der Waals surface area contributed by atoms with Crippen LogP contribution in [0.1, 0.15) is 19.8 Å². The summed E-state index contributed by atoms with van der Waals surface area (Å²) in [4.78, 5) is 0. The molecule has 0 aromatic heterocycles. The SMILES string of the molecule is CCC(O)CNC1CCSC1. The zero-order valence-corrected chi connectivity index (χ0v) is 7.86. The second-order valence-electron chi connectivity index (χ2n) is 3.03. The zero-order valence-electron chi connectivity index (χ0n) is 7.05. The zero-order chi connectivity index (χ0) is 8.10. The third kappa shape index (κ3) is 3.45. The molecule has 0 radical (unpaired) electrons. The van der Waals surface area contributed by atoms with Gasteiger partial charge < -0.3 is 10.4 Å². The van der Waals surface area contributed by atoms with Gasteiger partial charge in [-0.2, -0.15) is 11.8 Å². The number of thioether (sulfide) groups is 1. The van der Waals surface area contributed by atoms with Crippen molar-refractivity contribution in [1.82, 2.24) is 5.32 Å². The average molecular weight is 175 g/mol. The summed E-state index contributed by atoms with van der Waals surface area (Å²) in [6.07, 6.45) is 1.97. The molecule has 2 unspecified atom stereocenters. The largest absolute Gasteiger partial charge is 0.392 e. The maximum absolute atomic E-state index is 9.25. The van der Waals surface area contributed by atoms with E-state index in [1.165, 1.54) is 17.9 Å². The van der Waals surface area contributed by atoms with Crippen LogP contribution >= 0.6 is 11.8 Å². The van der Waals surface area contributed by atoms with E-state index in [9.17, 15) is 5.11 Å². The molecule has 11 heavy (non-hydrogen) atoms. The molecule has 1 aliphatic heterocycles. The summed E-state index contributed by atoms with van der Waals surface area (Å²) in [5.74, 6) is 2.50. The van der Waals surface area contributed by atoms with Crippen molar-refractivity contribution in [2.24, 2.45) is 0 Å². The topological polar surface area (TPSA) is 32.3 Å². The van der Waals surface area contributed by atoms with E-state index < -0.39 is 0 Å². The van der Waals surface area contributed by atoms with Crippen LogP contribution in [0.5, 0.6) is 0 Å². The Bertz CT molecular complexity index is 104. The molecule has 2 atom stereocenters. The summed E-state index contributed by atoms with van der Waals surface area (Å²) >= 11 is 2.00. The van der Waals surface area contributed by atoms with Gasteiger partial charge in [-0.25, -0.2) is 0 Å². The third-order valence-electron chi connectivity index (χ3n) is 2.04. The molecule has 1 heterocycles. The fourth-order valence-corrected chi connectivity index (χ4v) is 2.33. The van der Waals surface area contributed by atoms with Crippen LogP contribution < -0.4 is 5.32 Å². The van der Waals surface area contributed by atoms with Gasteiger partial charge in [0.2, 0.25) is 0 Å². The predicted octanol–water partition coefficient (Wildman–Crippen LogP) is 0.852. The summed E-state index contributed by atoms with van der Waals surface area (Å²) in [6, 6.07) is 0.654. The van der Waals surface area contributed by atoms with Crippen molar-refractivity contribution in [3.05, 3.63) is 0 Å². The summed E-state index contributed by atoms with van der Waals surface area (Å²) in [7, 11) is 0. The Kier molecular flexibility index (Phi) is 4.26. The van der Waals surface area contributed by atoms with Gasteiger partial charge in [0, 0.05) is 18.3 Å². The highest BCUT2D eigenvalue weighted by molar-refractivity contribution is 7.99. The molecule has 0 amide bonds. The molecule has 1 aliphatic rings. The van der Waals surface area contributed by atoms with Crippen molar-refractivity contribution >= 4 is 11.8 Å². The fraction of sp³-hybridized carbons (Fsp3) is 1.00. The van der Waals surface area contributed by atoms with E-state index in [-0.39, 0.29) is 6.10 Å². The Hall–Kier alpha value is 0.270. The van der Waals surface area contributed by atoms with Gasteiger partial charge in [-0.15, -0.1) is 0 Å². The van der Waals surface area contributed by atoms with Crippen LogP contribution in [-0.2, 0) is 0 Å². The first-order valence-corrected chi connectivity index (χ1v) is 5.47. The number of hydrogen-bond donors (Lipinski definition) is 2. The van der Waals surface area contributed by atoms with Crippen molar-refractivity contribution in [1.29, 1.82) is 0 Å². The molecule has 2 nitrogen and oxygen atoms in total. The van der Waals surface area contributed by atoms with E-state index in [1.807, 2.05) is 18.7 Å². The number of hydrogen-bond acceptors (Lipinski definition) is 3. The Labute approximate surface area is 72.8 Å². The molecule has 0 bridgehead atoms. The Balaban J connectivity index is 2.01. The Morgan fingerprint density at radius 3 is 3.09 bits per heavy atom. The molecule has 1 rings (SSSR count). The molecule has 3 heteroatoms. The molecule has 1 fully saturated rings. The van der Waals surface area contributed by atoms with Crippen LogP contribution in [0.15, 0.2) is 0 Å². The maximum Gasteiger partial charge on any atom is 0.0662 e. The second kappa shape index (κ2) is 5.01. The van der Waals surface area contributed by atoms with Gasteiger partial charge in [0.15, 0.2) is 0 Å². The lowest BCUT2D eigenvalue weighted by Gasteiger charge is -2.13. The van der Waals surface area contributed by atoms with Gasteiger partial charge >= 0.3 is 0 Å². The van der Waals surface area contributed by atoms with Crippen molar-refractivity contribution in [3.63, 3.8) is 0 Å². The smallest absolute Gasteiger partial charge is 0.0662 e. The van der Waals surface area contributed by atoms with E-state index >= 15 is 0 Å². The lowest BCUT2D eigenvalue weighted by Crippen LogP contribution is -2.35. The minimum absolute atomic E-state index is 0.152. The quantitative estimate of drug-likeness (QED) is 0.664. The van der Waals surface area contributed by atoms with Crippen LogP contribution in [0, 0.1) is 0 Å². The highest BCUT2D eigenvalue weighted by Gasteiger charge is 2.15. The van der Waals surface area contributed by atoms with Gasteiger partial charge in [0.1, 0.15) is 0 Å². The van der Waals surface area contributed by atoms with E-state index in [1.54, 1.807) is 0 Å². The lowest BCUT2D eigenvalue weighted by atomic mass is 10.2. The Morgan fingerprint density at radius 2 is 2.55 bits per heavy atom. The summed E-state index contributed by atoms with van der Waals surface area (Å²) in [5.41, 5.74) is 0. The number of aliphatic hydroxyl groups is 1. The fourth-order valence-electron chi connectivity index (χ4n) is 1.14. The highest BCUT2D eigenvalue weighted by atomic mass is 32.2. The van der Waals surface area contributed by atoms with Crippen molar-refractivity contribution in [2.45, 2.75) is 31.9 Å². The first-order chi connectivity index (χ1) is 5.33. The number of rotatable bonds is 4. The molecule has 0 aromatic rings. The van der Waals surface area contributed by atoms with Crippen molar-refractivity contribution < 1.29 is 5.11 Å². The van der Waals surface area contributed by atoms with Gasteiger partial charge in [0.25, 0.3) is 0 Å². The van der Waals surface area contributed by atoms with Crippen LogP contribution in [0.2, 0.25) is 0 Å². The number of aliphatic hydroxyl groups excluding tert-OH is 1. The van der Waals surface area contributed by atoms with Gasteiger partial charge in [0.05, 0.1) is 6.10 Å². The minimum Gasteiger partial charge on any atom is -0.392 e. The summed E-state index contributed by atoms with van der Waals surface area (Å²) in [5, 5.41) is 12.6. The summed E-state index contributed by atoms with van der Waals surface area (Å²) < 4.78 is 0. The molecule has 0 aliphatic carbocycles. The standard InChI is InChI=1S/C8H17NOS/c1-2-8(10)5-9-7-3-4-11-6-7/h7-10H,2-6H2,1H3. The van der Waals surface area contributed by atoms with Crippen molar-refractivity contribution in [2.75, 3.05) is 18.1 Å². The van der Waals surface area contributed by atoms with E-state index in [0.717, 1.165) is 13.0 Å². The molecule has 0 saturated carbocycles. The maximum atomic E-state index is 9.25. The van der Waals surface area contributed by atoms with Crippen LogP contribution in [-0.4, -0.2) is 35.3 Å². The average Bonchev–Trinajstić information content (AvgIpc) is 2.52.